The van der Waals surface area contributed by atoms with Crippen LogP contribution in [0.3, 0.4) is 0 Å². The van der Waals surface area contributed by atoms with E-state index in [1.807, 2.05) is 0 Å². The SMILES string of the molecule is CCC[C@@H](S)C[C@@H](CN)CC(=O)O. The first kappa shape index (κ1) is 12.8. The molecule has 0 aromatic rings. The van der Waals surface area contributed by atoms with Crippen molar-refractivity contribution in [3.63, 3.8) is 0 Å². The molecule has 0 aromatic heterocycles. The Morgan fingerprint density at radius 1 is 1.62 bits per heavy atom. The monoisotopic (exact) mass is 205 g/mol. The highest BCUT2D eigenvalue weighted by Gasteiger charge is 2.14. The zero-order valence-electron chi connectivity index (χ0n) is 8.07. The highest BCUT2D eigenvalue weighted by molar-refractivity contribution is 7.80. The number of hydrogen-bond donors (Lipinski definition) is 3. The van der Waals surface area contributed by atoms with Crippen molar-refractivity contribution >= 4 is 18.6 Å². The minimum Gasteiger partial charge on any atom is -0.481 e. The maximum absolute atomic E-state index is 10.4. The molecule has 0 saturated carbocycles. The van der Waals surface area contributed by atoms with Crippen molar-refractivity contribution < 1.29 is 9.90 Å². The van der Waals surface area contributed by atoms with Gasteiger partial charge in [-0.15, -0.1) is 0 Å². The molecule has 0 rings (SSSR count). The molecule has 0 amide bonds. The Kier molecular flexibility index (Phi) is 7.09. The van der Waals surface area contributed by atoms with Crippen LogP contribution in [0, 0.1) is 5.92 Å². The van der Waals surface area contributed by atoms with Crippen LogP contribution < -0.4 is 5.73 Å². The Bertz CT molecular complexity index is 153. The van der Waals surface area contributed by atoms with Gasteiger partial charge in [-0.05, 0) is 25.3 Å². The lowest BCUT2D eigenvalue weighted by atomic mass is 9.98. The van der Waals surface area contributed by atoms with Gasteiger partial charge in [0.2, 0.25) is 0 Å². The van der Waals surface area contributed by atoms with E-state index in [0.29, 0.717) is 6.54 Å². The third-order valence-corrected chi connectivity index (χ3v) is 2.49. The molecule has 0 heterocycles. The van der Waals surface area contributed by atoms with Crippen LogP contribution in [0.25, 0.3) is 0 Å². The summed E-state index contributed by atoms with van der Waals surface area (Å²) in [5.41, 5.74) is 5.47. The van der Waals surface area contributed by atoms with Gasteiger partial charge < -0.3 is 10.8 Å². The van der Waals surface area contributed by atoms with Crippen LogP contribution in [-0.4, -0.2) is 22.9 Å². The van der Waals surface area contributed by atoms with E-state index in [0.717, 1.165) is 19.3 Å². The average molecular weight is 205 g/mol. The molecule has 3 N–H and O–H groups in total. The second kappa shape index (κ2) is 7.21. The number of carboxylic acids is 1. The average Bonchev–Trinajstić information content (AvgIpc) is 2.02. The smallest absolute Gasteiger partial charge is 0.303 e. The van der Waals surface area contributed by atoms with E-state index in [4.69, 9.17) is 10.8 Å². The standard InChI is InChI=1S/C9H19NO2S/c1-2-3-8(13)4-7(6-10)5-9(11)12/h7-8,13H,2-6,10H2,1H3,(H,11,12)/t7-,8-/m1/s1. The maximum atomic E-state index is 10.4. The molecule has 2 atom stereocenters. The van der Waals surface area contributed by atoms with Gasteiger partial charge in [-0.1, -0.05) is 13.3 Å². The molecule has 0 aliphatic carbocycles. The molecule has 0 aromatic carbocycles. The van der Waals surface area contributed by atoms with Crippen LogP contribution in [-0.2, 0) is 4.79 Å². The predicted octanol–water partition coefficient (Wildman–Crippen LogP) is 1.52. The van der Waals surface area contributed by atoms with Gasteiger partial charge in [0.05, 0.1) is 0 Å². The van der Waals surface area contributed by atoms with Crippen molar-refractivity contribution in [2.75, 3.05) is 6.54 Å². The van der Waals surface area contributed by atoms with Crippen LogP contribution in [0.5, 0.6) is 0 Å². The van der Waals surface area contributed by atoms with Crippen molar-refractivity contribution in [1.82, 2.24) is 0 Å². The molecule has 0 aliphatic heterocycles. The molecule has 0 saturated heterocycles. The molecular formula is C9H19NO2S. The molecular weight excluding hydrogens is 186 g/mol. The van der Waals surface area contributed by atoms with Gasteiger partial charge in [0, 0.05) is 11.7 Å². The number of thiol groups is 1. The maximum Gasteiger partial charge on any atom is 0.303 e. The largest absolute Gasteiger partial charge is 0.481 e. The molecule has 0 unspecified atom stereocenters. The molecule has 0 radical (unpaired) electrons. The first-order valence-corrected chi connectivity index (χ1v) is 5.21. The van der Waals surface area contributed by atoms with Crippen LogP contribution in [0.4, 0.5) is 0 Å². The van der Waals surface area contributed by atoms with E-state index in [1.165, 1.54) is 0 Å². The lowest BCUT2D eigenvalue weighted by molar-refractivity contribution is -0.138. The normalized spacial score (nSPS) is 15.3. The van der Waals surface area contributed by atoms with Crippen LogP contribution in [0.15, 0.2) is 0 Å². The fourth-order valence-corrected chi connectivity index (χ4v) is 1.90. The predicted molar refractivity (Wildman–Crippen MR) is 57.1 cm³/mol. The molecule has 0 aliphatic rings. The van der Waals surface area contributed by atoms with E-state index in [1.54, 1.807) is 0 Å². The van der Waals surface area contributed by atoms with E-state index in [-0.39, 0.29) is 17.6 Å². The first-order chi connectivity index (χ1) is 6.10. The topological polar surface area (TPSA) is 63.3 Å². The van der Waals surface area contributed by atoms with Crippen molar-refractivity contribution in [3.05, 3.63) is 0 Å². The Labute approximate surface area is 85.1 Å². The van der Waals surface area contributed by atoms with Gasteiger partial charge in [0.15, 0.2) is 0 Å². The fourth-order valence-electron chi connectivity index (χ4n) is 1.35. The summed E-state index contributed by atoms with van der Waals surface area (Å²) in [6, 6.07) is 0. The minimum absolute atomic E-state index is 0.0755. The van der Waals surface area contributed by atoms with Crippen molar-refractivity contribution in [2.24, 2.45) is 11.7 Å². The minimum atomic E-state index is -0.771. The second-order valence-electron chi connectivity index (χ2n) is 3.38. The van der Waals surface area contributed by atoms with Gasteiger partial charge >= 0.3 is 5.97 Å². The van der Waals surface area contributed by atoms with Gasteiger partial charge in [-0.3, -0.25) is 4.79 Å². The molecule has 78 valence electrons. The van der Waals surface area contributed by atoms with Crippen molar-refractivity contribution in [2.45, 2.75) is 37.9 Å². The Morgan fingerprint density at radius 2 is 2.23 bits per heavy atom. The van der Waals surface area contributed by atoms with Crippen LogP contribution >= 0.6 is 12.6 Å². The summed E-state index contributed by atoms with van der Waals surface area (Å²) in [5.74, 6) is -0.695. The van der Waals surface area contributed by atoms with Crippen molar-refractivity contribution in [1.29, 1.82) is 0 Å². The highest BCUT2D eigenvalue weighted by atomic mass is 32.1. The lowest BCUT2D eigenvalue weighted by Gasteiger charge is -2.16. The summed E-state index contributed by atoms with van der Waals surface area (Å²) in [7, 11) is 0. The molecule has 13 heavy (non-hydrogen) atoms. The van der Waals surface area contributed by atoms with E-state index < -0.39 is 5.97 Å². The van der Waals surface area contributed by atoms with E-state index in [9.17, 15) is 4.79 Å². The number of nitrogens with two attached hydrogens (primary N) is 1. The quantitative estimate of drug-likeness (QED) is 0.552. The highest BCUT2D eigenvalue weighted by Crippen LogP contribution is 2.17. The Hall–Kier alpha value is -0.220. The molecule has 0 spiro atoms. The number of rotatable bonds is 7. The Balaban J connectivity index is 3.75. The van der Waals surface area contributed by atoms with Gasteiger partial charge in [-0.25, -0.2) is 0 Å². The number of aliphatic carboxylic acids is 1. The van der Waals surface area contributed by atoms with Crippen LogP contribution in [0.2, 0.25) is 0 Å². The van der Waals surface area contributed by atoms with Gasteiger partial charge in [0.1, 0.15) is 0 Å². The third-order valence-electron chi connectivity index (χ3n) is 2.02. The first-order valence-electron chi connectivity index (χ1n) is 4.70. The third kappa shape index (κ3) is 6.90. The zero-order valence-corrected chi connectivity index (χ0v) is 8.96. The molecule has 0 fully saturated rings. The Morgan fingerprint density at radius 3 is 2.62 bits per heavy atom. The fraction of sp³-hybridized carbons (Fsp3) is 0.889. The summed E-state index contributed by atoms with van der Waals surface area (Å²) in [5, 5.41) is 8.87. The van der Waals surface area contributed by atoms with E-state index in [2.05, 4.69) is 19.6 Å². The van der Waals surface area contributed by atoms with Gasteiger partial charge in [0.25, 0.3) is 0 Å². The molecule has 3 nitrogen and oxygen atoms in total. The van der Waals surface area contributed by atoms with Crippen LogP contribution in [0.1, 0.15) is 32.6 Å². The number of hydrogen-bond acceptors (Lipinski definition) is 3. The summed E-state index contributed by atoms with van der Waals surface area (Å²) < 4.78 is 0. The summed E-state index contributed by atoms with van der Waals surface area (Å²) in [6.07, 6.45) is 3.08. The molecule has 0 bridgehead atoms. The summed E-state index contributed by atoms with van der Waals surface area (Å²) in [6.45, 7) is 2.53. The summed E-state index contributed by atoms with van der Waals surface area (Å²) >= 11 is 4.38. The second-order valence-corrected chi connectivity index (χ2v) is 4.11. The lowest BCUT2D eigenvalue weighted by Crippen LogP contribution is -2.21. The number of carbonyl (C=O) groups is 1. The molecule has 4 heteroatoms. The van der Waals surface area contributed by atoms with Crippen molar-refractivity contribution in [3.8, 4) is 0 Å². The van der Waals surface area contributed by atoms with Gasteiger partial charge in [-0.2, -0.15) is 12.6 Å². The zero-order chi connectivity index (χ0) is 10.3. The number of carboxylic acid groups (broad SMARTS) is 1. The van der Waals surface area contributed by atoms with E-state index >= 15 is 0 Å². The summed E-state index contributed by atoms with van der Waals surface area (Å²) in [4.78, 5) is 10.4.